The van der Waals surface area contributed by atoms with E-state index in [1.807, 2.05) is 21.1 Å². The molecule has 0 saturated carbocycles. The SMILES string of the molecule is CCCCCCCCC/C=C\CCCCCCCC(=O)OC[C@H](COP(=O)([O-])OCC[N+](C)(C)C)OC(=O)CCCCCCCCC/C=C\CCCCCCCCCC. The highest BCUT2D eigenvalue weighted by Crippen LogP contribution is 2.38. The quantitative estimate of drug-likeness (QED) is 0.0196. The molecule has 2 atom stereocenters. The summed E-state index contributed by atoms with van der Waals surface area (Å²) in [5.74, 6) is -0.841. The minimum absolute atomic E-state index is 0.0316. The lowest BCUT2D eigenvalue weighted by atomic mass is 10.1. The smallest absolute Gasteiger partial charge is 0.306 e. The number of hydrogen-bond acceptors (Lipinski definition) is 8. The second kappa shape index (κ2) is 41.8. The van der Waals surface area contributed by atoms with Gasteiger partial charge >= 0.3 is 11.9 Å². The zero-order valence-electron chi connectivity index (χ0n) is 39.2. The molecule has 0 amide bonds. The Kier molecular flexibility index (Phi) is 40.8. The number of nitrogens with zero attached hydrogens (tertiary/aromatic N) is 1. The van der Waals surface area contributed by atoms with Crippen LogP contribution < -0.4 is 4.89 Å². The van der Waals surface area contributed by atoms with Crippen LogP contribution in [0, 0.1) is 0 Å². The van der Waals surface area contributed by atoms with Crippen LogP contribution in [-0.4, -0.2) is 70.0 Å². The molecule has 0 fully saturated rings. The van der Waals surface area contributed by atoms with E-state index < -0.39 is 32.5 Å². The molecule has 0 aromatic heterocycles. The van der Waals surface area contributed by atoms with Crippen LogP contribution in [0.2, 0.25) is 0 Å². The van der Waals surface area contributed by atoms with Gasteiger partial charge in [-0.05, 0) is 64.2 Å². The molecular formula is C49H94NO8P. The van der Waals surface area contributed by atoms with Crippen molar-refractivity contribution in [2.75, 3.05) is 47.5 Å². The van der Waals surface area contributed by atoms with Crippen LogP contribution in [0.3, 0.4) is 0 Å². The second-order valence-corrected chi connectivity index (χ2v) is 19.2. The molecule has 1 unspecified atom stereocenters. The third-order valence-corrected chi connectivity index (χ3v) is 11.7. The van der Waals surface area contributed by atoms with Crippen molar-refractivity contribution in [3.05, 3.63) is 24.3 Å². The number of quaternary nitrogens is 1. The Morgan fingerprint density at radius 3 is 1.25 bits per heavy atom. The molecule has 0 N–H and O–H groups in total. The fraction of sp³-hybridized carbons (Fsp3) is 0.878. The van der Waals surface area contributed by atoms with Gasteiger partial charge in [-0.1, -0.05) is 173 Å². The number of hydrogen-bond donors (Lipinski definition) is 0. The van der Waals surface area contributed by atoms with Gasteiger partial charge in [-0.2, -0.15) is 0 Å². The molecule has 0 saturated heterocycles. The normalized spacial score (nSPS) is 13.7. The lowest BCUT2D eigenvalue weighted by molar-refractivity contribution is -0.870. The molecule has 0 aliphatic rings. The predicted octanol–water partition coefficient (Wildman–Crippen LogP) is 13.7. The van der Waals surface area contributed by atoms with Gasteiger partial charge in [0.25, 0.3) is 7.82 Å². The Balaban J connectivity index is 4.29. The van der Waals surface area contributed by atoms with E-state index in [9.17, 15) is 19.0 Å². The number of unbranched alkanes of at least 4 members (excludes halogenated alkanes) is 27. The van der Waals surface area contributed by atoms with Crippen LogP contribution in [0.4, 0.5) is 0 Å². The number of likely N-dealkylation sites (N-methyl/N-ethyl adjacent to an activating group) is 1. The minimum atomic E-state index is -4.63. The van der Waals surface area contributed by atoms with Gasteiger partial charge < -0.3 is 27.9 Å². The molecule has 59 heavy (non-hydrogen) atoms. The molecule has 0 aliphatic carbocycles. The molecule has 0 spiro atoms. The largest absolute Gasteiger partial charge is 0.756 e. The van der Waals surface area contributed by atoms with Gasteiger partial charge in [0.1, 0.15) is 19.8 Å². The standard InChI is InChI=1S/C49H94NO8P/c1-6-8-10-12-14-16-18-20-22-24-25-26-28-30-32-34-36-38-40-42-49(52)58-47(46-57-59(53,54)56-44-43-50(3,4)5)45-55-48(51)41-39-37-35-33-31-29-27-23-21-19-17-15-13-11-9-7-2/h23-25,27,47H,6-22,26,28-46H2,1-5H3/b25-24-,27-23-/t47-/m1/s1. The number of rotatable bonds is 45. The first-order valence-electron chi connectivity index (χ1n) is 24.5. The lowest BCUT2D eigenvalue weighted by Crippen LogP contribution is -2.37. The van der Waals surface area contributed by atoms with Crippen molar-refractivity contribution < 1.29 is 42.1 Å². The topological polar surface area (TPSA) is 111 Å². The van der Waals surface area contributed by atoms with Crippen LogP contribution in [0.15, 0.2) is 24.3 Å². The van der Waals surface area contributed by atoms with Gasteiger partial charge in [0.2, 0.25) is 0 Å². The van der Waals surface area contributed by atoms with E-state index in [1.54, 1.807) is 0 Å². The number of carbonyl (C=O) groups excluding carboxylic acids is 2. The highest BCUT2D eigenvalue weighted by Gasteiger charge is 2.21. The first kappa shape index (κ1) is 57.5. The predicted molar refractivity (Wildman–Crippen MR) is 245 cm³/mol. The minimum Gasteiger partial charge on any atom is -0.756 e. The maximum Gasteiger partial charge on any atom is 0.306 e. The van der Waals surface area contributed by atoms with Gasteiger partial charge in [0.15, 0.2) is 6.10 Å². The van der Waals surface area contributed by atoms with Crippen molar-refractivity contribution >= 4 is 19.8 Å². The molecular weight excluding hydrogens is 762 g/mol. The summed E-state index contributed by atoms with van der Waals surface area (Å²) in [4.78, 5) is 37.6. The van der Waals surface area contributed by atoms with E-state index in [0.717, 1.165) is 64.2 Å². The summed E-state index contributed by atoms with van der Waals surface area (Å²) in [6, 6.07) is 0. The van der Waals surface area contributed by atoms with Gasteiger partial charge in [-0.3, -0.25) is 14.2 Å². The first-order valence-corrected chi connectivity index (χ1v) is 26.0. The maximum absolute atomic E-state index is 12.7. The van der Waals surface area contributed by atoms with Gasteiger partial charge in [-0.15, -0.1) is 0 Å². The third kappa shape index (κ3) is 45.8. The Hall–Kier alpha value is -1.51. The summed E-state index contributed by atoms with van der Waals surface area (Å²) in [6.45, 7) is 4.24. The summed E-state index contributed by atoms with van der Waals surface area (Å²) < 4.78 is 34.0. The summed E-state index contributed by atoms with van der Waals surface area (Å²) in [5, 5.41) is 0. The molecule has 0 aliphatic heterocycles. The summed E-state index contributed by atoms with van der Waals surface area (Å²) >= 11 is 0. The maximum atomic E-state index is 12.7. The Morgan fingerprint density at radius 1 is 0.508 bits per heavy atom. The van der Waals surface area contributed by atoms with Gasteiger partial charge in [0.05, 0.1) is 27.7 Å². The van der Waals surface area contributed by atoms with Crippen molar-refractivity contribution in [3.8, 4) is 0 Å². The Bertz CT molecular complexity index is 1060. The van der Waals surface area contributed by atoms with Crippen LogP contribution >= 0.6 is 7.82 Å². The highest BCUT2D eigenvalue weighted by atomic mass is 31.2. The van der Waals surface area contributed by atoms with Crippen molar-refractivity contribution in [3.63, 3.8) is 0 Å². The van der Waals surface area contributed by atoms with E-state index >= 15 is 0 Å². The highest BCUT2D eigenvalue weighted by molar-refractivity contribution is 7.45. The van der Waals surface area contributed by atoms with E-state index in [0.29, 0.717) is 17.4 Å². The molecule has 0 bridgehead atoms. The fourth-order valence-corrected chi connectivity index (χ4v) is 7.55. The second-order valence-electron chi connectivity index (χ2n) is 17.8. The van der Waals surface area contributed by atoms with Crippen LogP contribution in [0.25, 0.3) is 0 Å². The van der Waals surface area contributed by atoms with E-state index in [1.165, 1.54) is 128 Å². The Morgan fingerprint density at radius 2 is 0.864 bits per heavy atom. The van der Waals surface area contributed by atoms with E-state index in [-0.39, 0.29) is 26.1 Å². The van der Waals surface area contributed by atoms with Crippen LogP contribution in [0.5, 0.6) is 0 Å². The number of phosphoric acid groups is 1. The first-order chi connectivity index (χ1) is 28.5. The molecule has 0 aromatic rings. The fourth-order valence-electron chi connectivity index (χ4n) is 6.82. The summed E-state index contributed by atoms with van der Waals surface area (Å²) in [5.41, 5.74) is 0. The summed E-state index contributed by atoms with van der Waals surface area (Å²) in [6.07, 6.45) is 46.3. The molecule has 9 nitrogen and oxygen atoms in total. The van der Waals surface area contributed by atoms with Crippen LogP contribution in [0.1, 0.15) is 226 Å². The summed E-state index contributed by atoms with van der Waals surface area (Å²) in [7, 11) is 1.16. The van der Waals surface area contributed by atoms with E-state index in [4.69, 9.17) is 18.5 Å². The molecule has 0 rings (SSSR count). The zero-order valence-corrected chi connectivity index (χ0v) is 40.1. The van der Waals surface area contributed by atoms with E-state index in [2.05, 4.69) is 38.2 Å². The number of carbonyl (C=O) groups is 2. The molecule has 348 valence electrons. The lowest BCUT2D eigenvalue weighted by Gasteiger charge is -2.28. The van der Waals surface area contributed by atoms with Crippen molar-refractivity contribution in [2.24, 2.45) is 0 Å². The third-order valence-electron chi connectivity index (χ3n) is 10.7. The average molecular weight is 856 g/mol. The van der Waals surface area contributed by atoms with Gasteiger partial charge in [-0.25, -0.2) is 0 Å². The van der Waals surface area contributed by atoms with Crippen LogP contribution in [-0.2, 0) is 32.7 Å². The molecule has 0 heterocycles. The number of ether oxygens (including phenoxy) is 2. The van der Waals surface area contributed by atoms with Crippen molar-refractivity contribution in [1.82, 2.24) is 0 Å². The molecule has 10 heteroatoms. The van der Waals surface area contributed by atoms with Gasteiger partial charge in [0, 0.05) is 12.8 Å². The Labute approximate surface area is 364 Å². The van der Waals surface area contributed by atoms with Crippen molar-refractivity contribution in [2.45, 2.75) is 232 Å². The number of phosphoric ester groups is 1. The number of esters is 2. The van der Waals surface area contributed by atoms with Crippen molar-refractivity contribution in [1.29, 1.82) is 0 Å². The molecule has 0 aromatic carbocycles. The molecule has 0 radical (unpaired) electrons. The monoisotopic (exact) mass is 856 g/mol. The zero-order chi connectivity index (χ0) is 43.6. The average Bonchev–Trinajstić information content (AvgIpc) is 3.19. The number of allylic oxidation sites excluding steroid dienone is 4.